The smallest absolute Gasteiger partial charge is 0.413 e. The Bertz CT molecular complexity index is 269. The van der Waals surface area contributed by atoms with Crippen LogP contribution in [-0.2, 0) is 4.74 Å². The minimum absolute atomic E-state index is 0.252. The SMILES string of the molecule is C#CCN=C(C)NC(=O)OC(C)(C)C. The molecule has 0 atom stereocenters. The fourth-order valence-corrected chi connectivity index (χ4v) is 0.655. The van der Waals surface area contributed by atoms with Gasteiger partial charge in [-0.25, -0.2) is 4.79 Å². The number of alkyl carbamates (subject to hydrolysis) is 1. The molecule has 0 saturated carbocycles. The van der Waals surface area contributed by atoms with Crippen LogP contribution in [0.2, 0.25) is 0 Å². The van der Waals surface area contributed by atoms with E-state index in [1.165, 1.54) is 0 Å². The molecule has 0 unspecified atom stereocenters. The summed E-state index contributed by atoms with van der Waals surface area (Å²) in [6, 6.07) is 0. The lowest BCUT2D eigenvalue weighted by molar-refractivity contribution is 0.0563. The molecule has 0 radical (unpaired) electrons. The molecular weight excluding hydrogens is 180 g/mol. The molecule has 1 amide bonds. The van der Waals surface area contributed by atoms with Crippen molar-refractivity contribution < 1.29 is 9.53 Å². The summed E-state index contributed by atoms with van der Waals surface area (Å²) in [6.07, 6.45) is 4.49. The summed E-state index contributed by atoms with van der Waals surface area (Å²) in [5, 5.41) is 2.46. The maximum Gasteiger partial charge on any atom is 0.413 e. The number of rotatable bonds is 1. The molecular formula is C10H16N2O2. The monoisotopic (exact) mass is 196 g/mol. The topological polar surface area (TPSA) is 50.7 Å². The van der Waals surface area contributed by atoms with Crippen LogP contribution < -0.4 is 5.32 Å². The predicted molar refractivity (Wildman–Crippen MR) is 56.2 cm³/mol. The lowest BCUT2D eigenvalue weighted by Gasteiger charge is -2.19. The van der Waals surface area contributed by atoms with Crippen LogP contribution in [-0.4, -0.2) is 24.1 Å². The number of ether oxygens (including phenoxy) is 1. The van der Waals surface area contributed by atoms with E-state index in [0.717, 1.165) is 0 Å². The first-order valence-corrected chi connectivity index (χ1v) is 4.29. The molecule has 0 spiro atoms. The minimum atomic E-state index is -0.518. The number of hydrogen-bond donors (Lipinski definition) is 1. The fraction of sp³-hybridized carbons (Fsp3) is 0.600. The number of carbonyl (C=O) groups is 1. The summed E-state index contributed by atoms with van der Waals surface area (Å²) >= 11 is 0. The zero-order valence-corrected chi connectivity index (χ0v) is 9.05. The largest absolute Gasteiger partial charge is 0.444 e. The van der Waals surface area contributed by atoms with Gasteiger partial charge in [-0.2, -0.15) is 0 Å². The van der Waals surface area contributed by atoms with E-state index < -0.39 is 11.7 Å². The third-order valence-corrected chi connectivity index (χ3v) is 1.09. The summed E-state index contributed by atoms with van der Waals surface area (Å²) in [5.74, 6) is 2.80. The van der Waals surface area contributed by atoms with E-state index in [9.17, 15) is 4.79 Å². The molecule has 0 saturated heterocycles. The van der Waals surface area contributed by atoms with Crippen LogP contribution in [0.5, 0.6) is 0 Å². The predicted octanol–water partition coefficient (Wildman–Crippen LogP) is 1.56. The van der Waals surface area contributed by atoms with Crippen molar-refractivity contribution in [3.05, 3.63) is 0 Å². The first-order chi connectivity index (χ1) is 6.35. The van der Waals surface area contributed by atoms with Crippen molar-refractivity contribution in [2.24, 2.45) is 4.99 Å². The molecule has 4 heteroatoms. The zero-order chi connectivity index (χ0) is 11.2. The third-order valence-electron chi connectivity index (χ3n) is 1.09. The summed E-state index contributed by atoms with van der Waals surface area (Å²) in [4.78, 5) is 15.0. The van der Waals surface area contributed by atoms with Crippen LogP contribution >= 0.6 is 0 Å². The molecule has 0 bridgehead atoms. The Morgan fingerprint density at radius 3 is 2.57 bits per heavy atom. The molecule has 0 aromatic rings. The van der Waals surface area contributed by atoms with E-state index >= 15 is 0 Å². The van der Waals surface area contributed by atoms with Crippen molar-refractivity contribution in [1.29, 1.82) is 0 Å². The standard InChI is InChI=1S/C10H16N2O2/c1-6-7-11-8(2)12-9(13)14-10(3,4)5/h1H,7H2,2-5H3,(H,11,12,13). The van der Waals surface area contributed by atoms with Gasteiger partial charge in [-0.1, -0.05) is 5.92 Å². The molecule has 0 heterocycles. The van der Waals surface area contributed by atoms with Crippen LogP contribution in [0.3, 0.4) is 0 Å². The Kier molecular flexibility index (Phi) is 4.71. The van der Waals surface area contributed by atoms with Gasteiger partial charge in [0, 0.05) is 0 Å². The number of aliphatic imine (C=N–C) groups is 1. The third kappa shape index (κ3) is 7.17. The molecule has 1 N–H and O–H groups in total. The van der Waals surface area contributed by atoms with Crippen LogP contribution in [0.1, 0.15) is 27.7 Å². The molecule has 0 aliphatic carbocycles. The van der Waals surface area contributed by atoms with Gasteiger partial charge in [0.15, 0.2) is 0 Å². The first kappa shape index (κ1) is 12.5. The number of carbonyl (C=O) groups excluding carboxylic acids is 1. The summed E-state index contributed by atoms with van der Waals surface area (Å²) in [6.45, 7) is 7.28. The number of amides is 1. The van der Waals surface area contributed by atoms with Gasteiger partial charge in [-0.15, -0.1) is 6.42 Å². The van der Waals surface area contributed by atoms with Crippen molar-refractivity contribution in [3.8, 4) is 12.3 Å². The van der Waals surface area contributed by atoms with E-state index in [1.807, 2.05) is 0 Å². The maximum atomic E-state index is 11.2. The van der Waals surface area contributed by atoms with Crippen molar-refractivity contribution in [3.63, 3.8) is 0 Å². The Morgan fingerprint density at radius 2 is 2.14 bits per heavy atom. The van der Waals surface area contributed by atoms with Crippen LogP contribution in [0.15, 0.2) is 4.99 Å². The van der Waals surface area contributed by atoms with Crippen LogP contribution in [0.4, 0.5) is 4.79 Å². The average molecular weight is 196 g/mol. The van der Waals surface area contributed by atoms with E-state index in [2.05, 4.69) is 16.2 Å². The van der Waals surface area contributed by atoms with Gasteiger partial charge in [0.2, 0.25) is 0 Å². The average Bonchev–Trinajstić information content (AvgIpc) is 1.96. The second-order valence-electron chi connectivity index (χ2n) is 3.73. The van der Waals surface area contributed by atoms with Crippen molar-refractivity contribution in [2.45, 2.75) is 33.3 Å². The minimum Gasteiger partial charge on any atom is -0.444 e. The van der Waals surface area contributed by atoms with E-state index in [4.69, 9.17) is 11.2 Å². The quantitative estimate of drug-likeness (QED) is 0.393. The second-order valence-corrected chi connectivity index (χ2v) is 3.73. The highest BCUT2D eigenvalue weighted by Crippen LogP contribution is 2.06. The molecule has 0 aromatic heterocycles. The number of nitrogens with one attached hydrogen (secondary N) is 1. The molecule has 0 aromatic carbocycles. The molecule has 14 heavy (non-hydrogen) atoms. The Morgan fingerprint density at radius 1 is 1.57 bits per heavy atom. The number of hydrogen-bond acceptors (Lipinski definition) is 3. The van der Waals surface area contributed by atoms with Gasteiger partial charge in [0.1, 0.15) is 18.0 Å². The van der Waals surface area contributed by atoms with E-state index in [0.29, 0.717) is 5.84 Å². The summed E-state index contributed by atoms with van der Waals surface area (Å²) in [5.41, 5.74) is -0.503. The number of nitrogens with zero attached hydrogens (tertiary/aromatic N) is 1. The summed E-state index contributed by atoms with van der Waals surface area (Å²) in [7, 11) is 0. The molecule has 0 fully saturated rings. The van der Waals surface area contributed by atoms with Gasteiger partial charge in [-0.05, 0) is 27.7 Å². The summed E-state index contributed by atoms with van der Waals surface area (Å²) < 4.78 is 5.01. The number of terminal acetylenes is 1. The number of amidine groups is 1. The Hall–Kier alpha value is -1.50. The van der Waals surface area contributed by atoms with Gasteiger partial charge < -0.3 is 4.74 Å². The van der Waals surface area contributed by atoms with Gasteiger partial charge in [0.05, 0.1) is 0 Å². The zero-order valence-electron chi connectivity index (χ0n) is 9.05. The van der Waals surface area contributed by atoms with E-state index in [-0.39, 0.29) is 6.54 Å². The van der Waals surface area contributed by atoms with Crippen LogP contribution in [0.25, 0.3) is 0 Å². The van der Waals surface area contributed by atoms with E-state index in [1.54, 1.807) is 27.7 Å². The highest BCUT2D eigenvalue weighted by molar-refractivity contribution is 5.93. The second kappa shape index (κ2) is 5.28. The van der Waals surface area contributed by atoms with Crippen molar-refractivity contribution >= 4 is 11.9 Å². The first-order valence-electron chi connectivity index (χ1n) is 4.29. The lowest BCUT2D eigenvalue weighted by atomic mass is 10.2. The maximum absolute atomic E-state index is 11.2. The lowest BCUT2D eigenvalue weighted by Crippen LogP contribution is -2.35. The molecule has 4 nitrogen and oxygen atoms in total. The van der Waals surface area contributed by atoms with Crippen molar-refractivity contribution in [2.75, 3.05) is 6.54 Å². The normalized spacial score (nSPS) is 11.8. The highest BCUT2D eigenvalue weighted by Gasteiger charge is 2.15. The molecule has 0 rings (SSSR count). The molecule has 0 aliphatic heterocycles. The van der Waals surface area contributed by atoms with Gasteiger partial charge in [-0.3, -0.25) is 10.3 Å². The fourth-order valence-electron chi connectivity index (χ4n) is 0.655. The van der Waals surface area contributed by atoms with Crippen molar-refractivity contribution in [1.82, 2.24) is 5.32 Å². The van der Waals surface area contributed by atoms with Gasteiger partial charge in [0.25, 0.3) is 0 Å². The molecule has 0 aliphatic rings. The highest BCUT2D eigenvalue weighted by atomic mass is 16.6. The Balaban J connectivity index is 4.02. The molecule has 78 valence electrons. The Labute approximate surface area is 84.7 Å². The van der Waals surface area contributed by atoms with Crippen LogP contribution in [0, 0.1) is 12.3 Å². The van der Waals surface area contributed by atoms with Gasteiger partial charge >= 0.3 is 6.09 Å².